The highest BCUT2D eigenvalue weighted by molar-refractivity contribution is 6.32. The fraction of sp³-hybridized carbons (Fsp3) is 0.538. The molecule has 0 heterocycles. The van der Waals surface area contributed by atoms with Crippen LogP contribution >= 0.6 is 11.6 Å². The Morgan fingerprint density at radius 3 is 2.56 bits per heavy atom. The highest BCUT2D eigenvalue weighted by Crippen LogP contribution is 2.29. The molecule has 1 rings (SSSR count). The van der Waals surface area contributed by atoms with Crippen LogP contribution in [0.25, 0.3) is 0 Å². The van der Waals surface area contributed by atoms with Gasteiger partial charge < -0.3 is 10.5 Å². The summed E-state index contributed by atoms with van der Waals surface area (Å²) in [6.45, 7) is 6.95. The van der Waals surface area contributed by atoms with Crippen molar-refractivity contribution in [2.75, 3.05) is 6.61 Å². The average molecular weight is 242 g/mol. The van der Waals surface area contributed by atoms with E-state index in [0.717, 1.165) is 17.7 Å². The number of benzene rings is 1. The molecule has 0 unspecified atom stereocenters. The van der Waals surface area contributed by atoms with Gasteiger partial charge in [-0.15, -0.1) is 0 Å². The third-order valence-electron chi connectivity index (χ3n) is 2.52. The van der Waals surface area contributed by atoms with Gasteiger partial charge in [0.25, 0.3) is 0 Å². The van der Waals surface area contributed by atoms with E-state index in [1.54, 1.807) is 0 Å². The summed E-state index contributed by atoms with van der Waals surface area (Å²) in [6, 6.07) is 5.81. The largest absolute Gasteiger partial charge is 0.492 e. The summed E-state index contributed by atoms with van der Waals surface area (Å²) in [7, 11) is 0. The van der Waals surface area contributed by atoms with Crippen LogP contribution in [0, 0.1) is 5.92 Å². The Labute approximate surface area is 103 Å². The Hall–Kier alpha value is -0.730. The molecule has 90 valence electrons. The van der Waals surface area contributed by atoms with E-state index in [0.29, 0.717) is 17.5 Å². The third kappa shape index (κ3) is 3.39. The van der Waals surface area contributed by atoms with E-state index in [4.69, 9.17) is 22.1 Å². The predicted molar refractivity (Wildman–Crippen MR) is 69.0 cm³/mol. The molecule has 0 aliphatic rings. The van der Waals surface area contributed by atoms with Crippen molar-refractivity contribution >= 4 is 11.6 Å². The van der Waals surface area contributed by atoms with Gasteiger partial charge in [0, 0.05) is 6.04 Å². The first-order chi connectivity index (χ1) is 7.56. The van der Waals surface area contributed by atoms with Crippen molar-refractivity contribution in [1.29, 1.82) is 0 Å². The highest BCUT2D eigenvalue weighted by Gasteiger charge is 2.12. The smallest absolute Gasteiger partial charge is 0.137 e. The lowest BCUT2D eigenvalue weighted by Crippen LogP contribution is -2.16. The first kappa shape index (κ1) is 13.3. The second kappa shape index (κ2) is 6.12. The molecule has 0 saturated carbocycles. The van der Waals surface area contributed by atoms with Crippen LogP contribution in [-0.4, -0.2) is 6.61 Å². The predicted octanol–water partition coefficient (Wildman–Crippen LogP) is 3.78. The molecule has 0 bridgehead atoms. The number of hydrogen-bond acceptors (Lipinski definition) is 2. The molecule has 1 atom stereocenters. The van der Waals surface area contributed by atoms with Gasteiger partial charge in [0.05, 0.1) is 11.6 Å². The van der Waals surface area contributed by atoms with Crippen LogP contribution in [0.4, 0.5) is 0 Å². The van der Waals surface area contributed by atoms with E-state index in [1.165, 1.54) is 0 Å². The maximum Gasteiger partial charge on any atom is 0.137 e. The minimum absolute atomic E-state index is 0.0257. The number of ether oxygens (including phenoxy) is 1. The van der Waals surface area contributed by atoms with Gasteiger partial charge >= 0.3 is 0 Å². The van der Waals surface area contributed by atoms with Crippen LogP contribution in [0.2, 0.25) is 5.02 Å². The average Bonchev–Trinajstić information content (AvgIpc) is 2.26. The molecule has 0 spiro atoms. The van der Waals surface area contributed by atoms with E-state index >= 15 is 0 Å². The molecule has 0 aromatic heterocycles. The maximum atomic E-state index is 6.13. The number of hydrogen-bond donors (Lipinski definition) is 1. The van der Waals surface area contributed by atoms with Crippen LogP contribution < -0.4 is 10.5 Å². The molecule has 2 nitrogen and oxygen atoms in total. The summed E-state index contributed by atoms with van der Waals surface area (Å²) in [5.41, 5.74) is 7.12. The number of nitrogens with two attached hydrogens (primary N) is 1. The van der Waals surface area contributed by atoms with E-state index in [-0.39, 0.29) is 6.04 Å². The molecule has 0 amide bonds. The standard InChI is InChI=1S/C13H20ClNO/c1-4-7-16-12-6-5-10(8-11(12)14)13(15)9(2)3/h5-6,8-9,13H,4,7,15H2,1-3H3/t13-/m0/s1. The zero-order valence-electron chi connectivity index (χ0n) is 10.2. The molecule has 3 heteroatoms. The molecule has 2 N–H and O–H groups in total. The Kier molecular flexibility index (Phi) is 5.10. The topological polar surface area (TPSA) is 35.2 Å². The minimum atomic E-state index is 0.0257. The third-order valence-corrected chi connectivity index (χ3v) is 2.82. The fourth-order valence-corrected chi connectivity index (χ4v) is 1.68. The lowest BCUT2D eigenvalue weighted by atomic mass is 9.97. The Balaban J connectivity index is 2.82. The van der Waals surface area contributed by atoms with Crippen LogP contribution in [-0.2, 0) is 0 Å². The quantitative estimate of drug-likeness (QED) is 0.852. The summed E-state index contributed by atoms with van der Waals surface area (Å²) < 4.78 is 5.51. The molecular formula is C13H20ClNO. The van der Waals surface area contributed by atoms with Gasteiger partial charge in [-0.3, -0.25) is 0 Å². The second-order valence-corrected chi connectivity index (χ2v) is 4.72. The van der Waals surface area contributed by atoms with Crippen molar-refractivity contribution in [3.63, 3.8) is 0 Å². The number of halogens is 1. The van der Waals surface area contributed by atoms with Crippen molar-refractivity contribution in [1.82, 2.24) is 0 Å². The summed E-state index contributed by atoms with van der Waals surface area (Å²) in [5, 5.41) is 0.641. The van der Waals surface area contributed by atoms with E-state index in [9.17, 15) is 0 Å². The van der Waals surface area contributed by atoms with Crippen molar-refractivity contribution in [2.24, 2.45) is 11.7 Å². The maximum absolute atomic E-state index is 6.13. The van der Waals surface area contributed by atoms with Gasteiger partial charge in [0.15, 0.2) is 0 Å². The van der Waals surface area contributed by atoms with Crippen LogP contribution in [0.3, 0.4) is 0 Å². The van der Waals surface area contributed by atoms with E-state index in [1.807, 2.05) is 18.2 Å². The highest BCUT2D eigenvalue weighted by atomic mass is 35.5. The van der Waals surface area contributed by atoms with Gasteiger partial charge in [-0.25, -0.2) is 0 Å². The zero-order valence-corrected chi connectivity index (χ0v) is 10.9. The van der Waals surface area contributed by atoms with Gasteiger partial charge in [0.2, 0.25) is 0 Å². The summed E-state index contributed by atoms with van der Waals surface area (Å²) >= 11 is 6.13. The molecule has 0 aliphatic carbocycles. The zero-order chi connectivity index (χ0) is 12.1. The molecule has 0 fully saturated rings. The molecule has 0 radical (unpaired) electrons. The van der Waals surface area contributed by atoms with E-state index < -0.39 is 0 Å². The van der Waals surface area contributed by atoms with Gasteiger partial charge in [-0.2, -0.15) is 0 Å². The van der Waals surface area contributed by atoms with Crippen molar-refractivity contribution < 1.29 is 4.74 Å². The van der Waals surface area contributed by atoms with E-state index in [2.05, 4.69) is 20.8 Å². The van der Waals surface area contributed by atoms with Gasteiger partial charge in [-0.05, 0) is 30.0 Å². The Morgan fingerprint density at radius 1 is 1.38 bits per heavy atom. The molecule has 16 heavy (non-hydrogen) atoms. The SMILES string of the molecule is CCCOc1ccc([C@@H](N)C(C)C)cc1Cl. The molecule has 0 saturated heterocycles. The van der Waals surface area contributed by atoms with Crippen LogP contribution in [0.1, 0.15) is 38.8 Å². The van der Waals surface area contributed by atoms with Crippen molar-refractivity contribution in [2.45, 2.75) is 33.2 Å². The Morgan fingerprint density at radius 2 is 2.06 bits per heavy atom. The van der Waals surface area contributed by atoms with Gasteiger partial charge in [0.1, 0.15) is 5.75 Å². The fourth-order valence-electron chi connectivity index (χ4n) is 1.44. The van der Waals surface area contributed by atoms with Gasteiger partial charge in [-0.1, -0.05) is 38.4 Å². The molecule has 1 aromatic carbocycles. The van der Waals surface area contributed by atoms with Crippen LogP contribution in [0.5, 0.6) is 5.75 Å². The minimum Gasteiger partial charge on any atom is -0.492 e. The van der Waals surface area contributed by atoms with Crippen molar-refractivity contribution in [3.05, 3.63) is 28.8 Å². The second-order valence-electron chi connectivity index (χ2n) is 4.31. The lowest BCUT2D eigenvalue weighted by Gasteiger charge is -2.17. The van der Waals surface area contributed by atoms with Crippen LogP contribution in [0.15, 0.2) is 18.2 Å². The van der Waals surface area contributed by atoms with Crippen molar-refractivity contribution in [3.8, 4) is 5.75 Å². The monoisotopic (exact) mass is 241 g/mol. The molecule has 1 aromatic rings. The number of rotatable bonds is 5. The summed E-state index contributed by atoms with van der Waals surface area (Å²) in [5.74, 6) is 1.14. The summed E-state index contributed by atoms with van der Waals surface area (Å²) in [6.07, 6.45) is 0.976. The lowest BCUT2D eigenvalue weighted by molar-refractivity contribution is 0.317. The normalized spacial score (nSPS) is 12.9. The first-order valence-electron chi connectivity index (χ1n) is 5.74. The summed E-state index contributed by atoms with van der Waals surface area (Å²) in [4.78, 5) is 0. The molecule has 0 aliphatic heterocycles. The molecular weight excluding hydrogens is 222 g/mol. The first-order valence-corrected chi connectivity index (χ1v) is 6.11. The Bertz CT molecular complexity index is 339.